The highest BCUT2D eigenvalue weighted by atomic mass is 32.1. The molecule has 2 aromatic heterocycles. The van der Waals surface area contributed by atoms with Crippen LogP contribution in [0.3, 0.4) is 0 Å². The second-order valence-corrected chi connectivity index (χ2v) is 5.04. The summed E-state index contributed by atoms with van der Waals surface area (Å²) in [6.07, 6.45) is 1.75. The van der Waals surface area contributed by atoms with Crippen molar-refractivity contribution in [2.24, 2.45) is 0 Å². The van der Waals surface area contributed by atoms with Crippen molar-refractivity contribution in [1.82, 2.24) is 9.97 Å². The number of esters is 1. The van der Waals surface area contributed by atoms with Crippen molar-refractivity contribution in [3.63, 3.8) is 0 Å². The number of rotatable bonds is 4. The summed E-state index contributed by atoms with van der Waals surface area (Å²) in [7, 11) is 1.37. The number of aryl methyl sites for hydroxylation is 1. The molecule has 6 heteroatoms. The van der Waals surface area contributed by atoms with E-state index in [9.17, 15) is 4.79 Å². The summed E-state index contributed by atoms with van der Waals surface area (Å²) in [5.41, 5.74) is 1.60. The number of nitrogens with one attached hydrogen (secondary N) is 1. The molecule has 2 rings (SSSR count). The zero-order valence-corrected chi connectivity index (χ0v) is 11.8. The number of ether oxygens (including phenoxy) is 1. The molecule has 0 saturated carbocycles. The highest BCUT2D eigenvalue weighted by molar-refractivity contribution is 7.17. The first kappa shape index (κ1) is 13.5. The highest BCUT2D eigenvalue weighted by Crippen LogP contribution is 2.26. The minimum absolute atomic E-state index is 0.0252. The summed E-state index contributed by atoms with van der Waals surface area (Å²) in [6.45, 7) is 3.79. The predicted molar refractivity (Wildman–Crippen MR) is 74.5 cm³/mol. The van der Waals surface area contributed by atoms with Crippen LogP contribution in [0.5, 0.6) is 0 Å². The highest BCUT2D eigenvalue weighted by Gasteiger charge is 2.17. The van der Waals surface area contributed by atoms with E-state index in [-0.39, 0.29) is 12.0 Å². The lowest BCUT2D eigenvalue weighted by Gasteiger charge is -2.11. The topological polar surface area (TPSA) is 64.1 Å². The number of anilines is 1. The Morgan fingerprint density at radius 3 is 2.89 bits per heavy atom. The third-order valence-corrected chi connectivity index (χ3v) is 3.71. The molecule has 0 aliphatic heterocycles. The smallest absolute Gasteiger partial charge is 0.350 e. The normalized spacial score (nSPS) is 11.9. The van der Waals surface area contributed by atoms with Gasteiger partial charge in [-0.05, 0) is 26.0 Å². The Morgan fingerprint density at radius 1 is 1.47 bits per heavy atom. The van der Waals surface area contributed by atoms with Gasteiger partial charge < -0.3 is 10.1 Å². The molecule has 19 heavy (non-hydrogen) atoms. The van der Waals surface area contributed by atoms with Crippen molar-refractivity contribution >= 4 is 22.4 Å². The Bertz CT molecular complexity index is 569. The van der Waals surface area contributed by atoms with Gasteiger partial charge in [0.05, 0.1) is 24.5 Å². The van der Waals surface area contributed by atoms with Crippen molar-refractivity contribution in [1.29, 1.82) is 0 Å². The van der Waals surface area contributed by atoms with Gasteiger partial charge in [0.1, 0.15) is 4.88 Å². The maximum Gasteiger partial charge on any atom is 0.350 e. The van der Waals surface area contributed by atoms with Gasteiger partial charge in [0.2, 0.25) is 0 Å². The molecule has 1 unspecified atom stereocenters. The van der Waals surface area contributed by atoms with Crippen molar-refractivity contribution in [2.45, 2.75) is 19.9 Å². The number of methoxy groups -OCH3 is 1. The van der Waals surface area contributed by atoms with E-state index in [1.165, 1.54) is 18.4 Å². The van der Waals surface area contributed by atoms with Crippen LogP contribution in [0.4, 0.5) is 5.13 Å². The third kappa shape index (κ3) is 3.08. The van der Waals surface area contributed by atoms with Crippen molar-refractivity contribution in [3.8, 4) is 0 Å². The summed E-state index contributed by atoms with van der Waals surface area (Å²) in [5, 5.41) is 3.93. The average Bonchev–Trinajstić information content (AvgIpc) is 2.79. The van der Waals surface area contributed by atoms with E-state index >= 15 is 0 Å². The average molecular weight is 277 g/mol. The minimum Gasteiger partial charge on any atom is -0.465 e. The van der Waals surface area contributed by atoms with Crippen molar-refractivity contribution in [2.75, 3.05) is 12.4 Å². The quantitative estimate of drug-likeness (QED) is 0.871. The molecular formula is C13H15N3O2S. The van der Waals surface area contributed by atoms with Crippen LogP contribution in [0.2, 0.25) is 0 Å². The van der Waals surface area contributed by atoms with Crippen LogP contribution < -0.4 is 5.32 Å². The second kappa shape index (κ2) is 5.79. The molecule has 1 N–H and O–H groups in total. The number of thiazole rings is 1. The molecule has 2 heterocycles. The first-order chi connectivity index (χ1) is 9.11. The van der Waals surface area contributed by atoms with Crippen LogP contribution in [0.15, 0.2) is 24.4 Å². The maximum absolute atomic E-state index is 11.5. The molecule has 0 fully saturated rings. The SMILES string of the molecule is COC(=O)c1sc(NC(C)c2ccccn2)nc1C. The lowest BCUT2D eigenvalue weighted by molar-refractivity contribution is 0.0605. The number of carbonyl (C=O) groups excluding carboxylic acids is 1. The summed E-state index contributed by atoms with van der Waals surface area (Å²) >= 11 is 1.29. The Labute approximate surface area is 115 Å². The van der Waals surface area contributed by atoms with Crippen LogP contribution in [0.25, 0.3) is 0 Å². The van der Waals surface area contributed by atoms with Crippen LogP contribution in [-0.4, -0.2) is 23.0 Å². The summed E-state index contributed by atoms with van der Waals surface area (Å²) in [4.78, 5) is 20.6. The van der Waals surface area contributed by atoms with Crippen molar-refractivity contribution < 1.29 is 9.53 Å². The standard InChI is InChI=1S/C13H15N3O2S/c1-8(10-6-4-5-7-14-10)15-13-16-9(2)11(19-13)12(17)18-3/h4-8H,1-3H3,(H,15,16). The van der Waals surface area contributed by atoms with Gasteiger partial charge in [-0.15, -0.1) is 0 Å². The first-order valence-electron chi connectivity index (χ1n) is 5.85. The molecule has 100 valence electrons. The fourth-order valence-electron chi connectivity index (χ4n) is 1.63. The van der Waals surface area contributed by atoms with E-state index in [4.69, 9.17) is 4.74 Å². The van der Waals surface area contributed by atoms with E-state index in [0.717, 1.165) is 5.69 Å². The molecule has 0 bridgehead atoms. The van der Waals surface area contributed by atoms with Crippen LogP contribution in [-0.2, 0) is 4.74 Å². The van der Waals surface area contributed by atoms with E-state index in [1.54, 1.807) is 13.1 Å². The number of carbonyl (C=O) groups is 1. The molecule has 1 atom stereocenters. The van der Waals surface area contributed by atoms with Gasteiger partial charge in [0, 0.05) is 6.20 Å². The molecule has 2 aromatic rings. The Balaban J connectivity index is 2.14. The molecule has 0 amide bonds. The van der Waals surface area contributed by atoms with E-state index in [2.05, 4.69) is 15.3 Å². The summed E-state index contributed by atoms with van der Waals surface area (Å²) in [6, 6.07) is 5.78. The number of aromatic nitrogens is 2. The zero-order chi connectivity index (χ0) is 13.8. The van der Waals surface area contributed by atoms with E-state index in [1.807, 2.05) is 25.1 Å². The monoisotopic (exact) mass is 277 g/mol. The maximum atomic E-state index is 11.5. The largest absolute Gasteiger partial charge is 0.465 e. The van der Waals surface area contributed by atoms with Gasteiger partial charge >= 0.3 is 5.97 Å². The number of pyridine rings is 1. The van der Waals surface area contributed by atoms with Gasteiger partial charge in [-0.2, -0.15) is 0 Å². The second-order valence-electron chi connectivity index (χ2n) is 4.05. The third-order valence-electron chi connectivity index (χ3n) is 2.64. The van der Waals surface area contributed by atoms with Crippen molar-refractivity contribution in [3.05, 3.63) is 40.7 Å². The van der Waals surface area contributed by atoms with Crippen LogP contribution in [0, 0.1) is 6.92 Å². The molecule has 5 nitrogen and oxygen atoms in total. The lowest BCUT2D eigenvalue weighted by Crippen LogP contribution is -2.07. The Hall–Kier alpha value is -1.95. The lowest BCUT2D eigenvalue weighted by atomic mass is 10.2. The number of hydrogen-bond donors (Lipinski definition) is 1. The fourth-order valence-corrected chi connectivity index (χ4v) is 2.60. The molecular weight excluding hydrogens is 262 g/mol. The molecule has 0 radical (unpaired) electrons. The zero-order valence-electron chi connectivity index (χ0n) is 11.0. The number of nitrogens with zero attached hydrogens (tertiary/aromatic N) is 2. The van der Waals surface area contributed by atoms with E-state index < -0.39 is 0 Å². The molecule has 0 spiro atoms. The predicted octanol–water partition coefficient (Wildman–Crippen LogP) is 2.81. The fraction of sp³-hybridized carbons (Fsp3) is 0.308. The van der Waals surface area contributed by atoms with Gasteiger partial charge in [0.25, 0.3) is 0 Å². The van der Waals surface area contributed by atoms with Crippen LogP contribution in [0.1, 0.15) is 34.0 Å². The summed E-state index contributed by atoms with van der Waals surface area (Å²) in [5.74, 6) is -0.353. The number of hydrogen-bond acceptors (Lipinski definition) is 6. The Kier molecular flexibility index (Phi) is 4.11. The first-order valence-corrected chi connectivity index (χ1v) is 6.66. The molecule has 0 aromatic carbocycles. The minimum atomic E-state index is -0.353. The van der Waals surface area contributed by atoms with E-state index in [0.29, 0.717) is 15.7 Å². The molecule has 0 saturated heterocycles. The van der Waals surface area contributed by atoms with Gasteiger partial charge in [0.15, 0.2) is 5.13 Å². The molecule has 0 aliphatic carbocycles. The molecule has 0 aliphatic rings. The Morgan fingerprint density at radius 2 is 2.26 bits per heavy atom. The van der Waals surface area contributed by atoms with Gasteiger partial charge in [-0.25, -0.2) is 9.78 Å². The summed E-state index contributed by atoms with van der Waals surface area (Å²) < 4.78 is 4.71. The van der Waals surface area contributed by atoms with Gasteiger partial charge in [-0.1, -0.05) is 17.4 Å². The van der Waals surface area contributed by atoms with Crippen LogP contribution >= 0.6 is 11.3 Å². The van der Waals surface area contributed by atoms with Gasteiger partial charge in [-0.3, -0.25) is 4.98 Å².